The van der Waals surface area contributed by atoms with Crippen LogP contribution in [0.2, 0.25) is 0 Å². The van der Waals surface area contributed by atoms with Gasteiger partial charge in [0.1, 0.15) is 22.6 Å². The quantitative estimate of drug-likeness (QED) is 0.377. The highest BCUT2D eigenvalue weighted by atomic mass is 32.2. The molecule has 1 saturated heterocycles. The van der Waals surface area contributed by atoms with Gasteiger partial charge >= 0.3 is 0 Å². The Balaban J connectivity index is 2.73. The second-order valence-electron chi connectivity index (χ2n) is 4.32. The Morgan fingerprint density at radius 2 is 2.06 bits per heavy atom. The SMILES string of the molecule is CCCN1CC(O)([C@@H](O)[C@H](O)[C@H](O)CO)SC1=S. The average Bonchev–Trinajstić information content (AvgIpc) is 2.63. The minimum Gasteiger partial charge on any atom is -0.394 e. The Kier molecular flexibility index (Phi) is 5.78. The molecule has 1 rings (SSSR count). The van der Waals surface area contributed by atoms with Gasteiger partial charge in [0.05, 0.1) is 13.2 Å². The molecule has 0 saturated carbocycles. The molecule has 4 atom stereocenters. The molecule has 1 heterocycles. The molecule has 5 N–H and O–H groups in total. The monoisotopic (exact) mass is 297 g/mol. The first-order valence-corrected chi connectivity index (χ1v) is 6.93. The fourth-order valence-corrected chi connectivity index (χ4v) is 3.42. The third-order valence-corrected chi connectivity index (χ3v) is 4.47. The lowest BCUT2D eigenvalue weighted by Gasteiger charge is -2.32. The first-order valence-electron chi connectivity index (χ1n) is 5.71. The predicted molar refractivity (Wildman–Crippen MR) is 72.1 cm³/mol. The Morgan fingerprint density at radius 1 is 1.44 bits per heavy atom. The summed E-state index contributed by atoms with van der Waals surface area (Å²) in [7, 11) is 0. The van der Waals surface area contributed by atoms with Crippen LogP contribution >= 0.6 is 24.0 Å². The van der Waals surface area contributed by atoms with E-state index in [9.17, 15) is 20.4 Å². The normalized spacial score (nSPS) is 29.4. The summed E-state index contributed by atoms with van der Waals surface area (Å²) in [5.74, 6) is 0. The van der Waals surface area contributed by atoms with Gasteiger partial charge in [-0.2, -0.15) is 0 Å². The summed E-state index contributed by atoms with van der Waals surface area (Å²) in [6.45, 7) is 2.01. The number of aliphatic hydroxyl groups excluding tert-OH is 4. The van der Waals surface area contributed by atoms with Crippen LogP contribution in [0.3, 0.4) is 0 Å². The van der Waals surface area contributed by atoms with Crippen molar-refractivity contribution in [3.63, 3.8) is 0 Å². The maximum atomic E-state index is 10.3. The minimum atomic E-state index is -1.66. The molecule has 18 heavy (non-hydrogen) atoms. The van der Waals surface area contributed by atoms with Gasteiger partial charge in [0, 0.05) is 6.54 Å². The molecule has 8 heteroatoms. The number of thiocarbonyl (C=S) groups is 1. The van der Waals surface area contributed by atoms with Crippen molar-refractivity contribution in [2.75, 3.05) is 19.7 Å². The van der Waals surface area contributed by atoms with Crippen molar-refractivity contribution in [1.29, 1.82) is 0 Å². The standard InChI is InChI=1S/C10H19NO5S2/c1-2-3-11-5-10(16,18-9(11)17)8(15)7(14)6(13)4-12/h6-8,12-16H,2-5H2,1H3/t6-,7-,8+,10?/m1/s1. The van der Waals surface area contributed by atoms with Gasteiger partial charge < -0.3 is 30.4 Å². The number of hydrogen-bond donors (Lipinski definition) is 5. The largest absolute Gasteiger partial charge is 0.394 e. The van der Waals surface area contributed by atoms with Crippen LogP contribution in [0.4, 0.5) is 0 Å². The molecule has 0 amide bonds. The zero-order valence-electron chi connectivity index (χ0n) is 10.1. The van der Waals surface area contributed by atoms with Crippen LogP contribution < -0.4 is 0 Å². The fourth-order valence-electron chi connectivity index (χ4n) is 1.77. The highest BCUT2D eigenvalue weighted by Gasteiger charge is 2.49. The molecule has 1 aliphatic heterocycles. The molecular formula is C10H19NO5S2. The number of thioether (sulfide) groups is 1. The Labute approximate surface area is 115 Å². The molecule has 0 spiro atoms. The first kappa shape index (κ1) is 16.1. The topological polar surface area (TPSA) is 104 Å². The second-order valence-corrected chi connectivity index (χ2v) is 6.26. The molecule has 0 aromatic rings. The zero-order valence-corrected chi connectivity index (χ0v) is 11.7. The Hall–Kier alpha value is 0.0400. The van der Waals surface area contributed by atoms with Crippen LogP contribution in [0.5, 0.6) is 0 Å². The lowest BCUT2D eigenvalue weighted by atomic mass is 10.0. The number of β-amino-alcohol motifs (C(OH)–C–C–N with tert-alkyl or cyclic N) is 1. The van der Waals surface area contributed by atoms with Crippen LogP contribution in [-0.4, -0.2) is 77.7 Å². The molecule has 0 aliphatic carbocycles. The Bertz CT molecular complexity index is 306. The summed E-state index contributed by atoms with van der Waals surface area (Å²) in [4.78, 5) is 0.0725. The minimum absolute atomic E-state index is 0.0840. The molecule has 1 fully saturated rings. The van der Waals surface area contributed by atoms with E-state index < -0.39 is 29.9 Å². The van der Waals surface area contributed by atoms with Crippen molar-refractivity contribution in [2.45, 2.75) is 36.6 Å². The van der Waals surface area contributed by atoms with E-state index in [1.807, 2.05) is 6.92 Å². The molecule has 0 radical (unpaired) electrons. The van der Waals surface area contributed by atoms with Crippen molar-refractivity contribution in [3.05, 3.63) is 0 Å². The first-order chi connectivity index (χ1) is 8.35. The average molecular weight is 297 g/mol. The van der Waals surface area contributed by atoms with E-state index in [4.69, 9.17) is 17.3 Å². The van der Waals surface area contributed by atoms with E-state index in [1.165, 1.54) is 0 Å². The molecule has 0 aromatic carbocycles. The number of hydrogen-bond acceptors (Lipinski definition) is 7. The summed E-state index contributed by atoms with van der Waals surface area (Å²) >= 11 is 5.97. The third-order valence-electron chi connectivity index (χ3n) is 2.80. The highest BCUT2D eigenvalue weighted by molar-refractivity contribution is 8.24. The lowest BCUT2D eigenvalue weighted by Crippen LogP contribution is -2.53. The molecule has 0 bridgehead atoms. The van der Waals surface area contributed by atoms with Crippen molar-refractivity contribution in [2.24, 2.45) is 0 Å². The van der Waals surface area contributed by atoms with Gasteiger partial charge in [-0.1, -0.05) is 30.9 Å². The summed E-state index contributed by atoms with van der Waals surface area (Å²) in [6.07, 6.45) is -3.88. The fraction of sp³-hybridized carbons (Fsp3) is 0.900. The maximum Gasteiger partial charge on any atom is 0.162 e. The number of aliphatic hydroxyl groups is 5. The van der Waals surface area contributed by atoms with Gasteiger partial charge in [-0.25, -0.2) is 0 Å². The van der Waals surface area contributed by atoms with Gasteiger partial charge in [0.25, 0.3) is 0 Å². The van der Waals surface area contributed by atoms with Crippen LogP contribution in [-0.2, 0) is 0 Å². The summed E-state index contributed by atoms with van der Waals surface area (Å²) in [5.41, 5.74) is 0. The molecule has 6 nitrogen and oxygen atoms in total. The molecular weight excluding hydrogens is 278 g/mol. The van der Waals surface area contributed by atoms with Gasteiger partial charge in [-0.15, -0.1) is 0 Å². The zero-order chi connectivity index (χ0) is 13.9. The number of nitrogens with zero attached hydrogens (tertiary/aromatic N) is 1. The highest BCUT2D eigenvalue weighted by Crippen LogP contribution is 2.38. The summed E-state index contributed by atoms with van der Waals surface area (Å²) < 4.78 is 0.448. The second kappa shape index (κ2) is 6.47. The smallest absolute Gasteiger partial charge is 0.162 e. The predicted octanol–water partition coefficient (Wildman–Crippen LogP) is -1.51. The van der Waals surface area contributed by atoms with E-state index in [0.29, 0.717) is 10.9 Å². The van der Waals surface area contributed by atoms with E-state index in [0.717, 1.165) is 18.2 Å². The molecule has 1 unspecified atom stereocenters. The number of rotatable bonds is 6. The van der Waals surface area contributed by atoms with Crippen molar-refractivity contribution < 1.29 is 25.5 Å². The van der Waals surface area contributed by atoms with Crippen LogP contribution in [0.1, 0.15) is 13.3 Å². The Morgan fingerprint density at radius 3 is 2.56 bits per heavy atom. The van der Waals surface area contributed by atoms with E-state index >= 15 is 0 Å². The van der Waals surface area contributed by atoms with E-state index in [1.54, 1.807) is 4.90 Å². The van der Waals surface area contributed by atoms with Gasteiger partial charge in [-0.3, -0.25) is 0 Å². The van der Waals surface area contributed by atoms with Crippen LogP contribution in [0.15, 0.2) is 0 Å². The van der Waals surface area contributed by atoms with Gasteiger partial charge in [0.15, 0.2) is 4.93 Å². The van der Waals surface area contributed by atoms with E-state index in [2.05, 4.69) is 0 Å². The maximum absolute atomic E-state index is 10.3. The van der Waals surface area contributed by atoms with E-state index in [-0.39, 0.29) is 6.54 Å². The molecule has 0 aromatic heterocycles. The summed E-state index contributed by atoms with van der Waals surface area (Å²) in [5, 5.41) is 47.8. The van der Waals surface area contributed by atoms with Crippen molar-refractivity contribution in [1.82, 2.24) is 4.90 Å². The van der Waals surface area contributed by atoms with Crippen LogP contribution in [0, 0.1) is 0 Å². The van der Waals surface area contributed by atoms with Crippen molar-refractivity contribution >= 4 is 28.3 Å². The van der Waals surface area contributed by atoms with Gasteiger partial charge in [-0.05, 0) is 6.42 Å². The lowest BCUT2D eigenvalue weighted by molar-refractivity contribution is -0.126. The van der Waals surface area contributed by atoms with Crippen molar-refractivity contribution in [3.8, 4) is 0 Å². The van der Waals surface area contributed by atoms with Gasteiger partial charge in [0.2, 0.25) is 0 Å². The molecule has 1 aliphatic rings. The third kappa shape index (κ3) is 3.32. The van der Waals surface area contributed by atoms with Crippen LogP contribution in [0.25, 0.3) is 0 Å². The summed E-state index contributed by atoms with van der Waals surface area (Å²) in [6, 6.07) is 0. The molecule has 106 valence electrons.